The maximum atomic E-state index is 14.5. The number of benzene rings is 2. The summed E-state index contributed by atoms with van der Waals surface area (Å²) in [6.45, 7) is 5.66. The number of ether oxygens (including phenoxy) is 2. The quantitative estimate of drug-likeness (QED) is 0.437. The number of amides is 1. The molecule has 0 atom stereocenters. The highest BCUT2D eigenvalue weighted by Gasteiger charge is 2.28. The first-order valence-corrected chi connectivity index (χ1v) is 11.5. The third kappa shape index (κ3) is 5.46. The number of halogens is 1. The van der Waals surface area contributed by atoms with Gasteiger partial charge in [-0.1, -0.05) is 41.1 Å². The Balaban J connectivity index is 1.73. The van der Waals surface area contributed by atoms with Crippen LogP contribution in [0, 0.1) is 12.7 Å². The molecule has 1 amide bonds. The molecule has 1 aliphatic heterocycles. The Morgan fingerprint density at radius 3 is 2.71 bits per heavy atom. The monoisotopic (exact) mass is 467 g/mol. The SMILES string of the molecule is COCCCN(Cc1c(-c2cccc(C)c2)noc1N1CCOCC1)C(=O)c1ccccc1F. The first-order chi connectivity index (χ1) is 16.6. The van der Waals surface area contributed by atoms with Gasteiger partial charge in [0.1, 0.15) is 11.5 Å². The Bertz CT molecular complexity index is 1110. The zero-order chi connectivity index (χ0) is 23.9. The maximum absolute atomic E-state index is 14.5. The van der Waals surface area contributed by atoms with Crippen LogP contribution in [-0.4, -0.2) is 62.5 Å². The fourth-order valence-electron chi connectivity index (χ4n) is 4.13. The van der Waals surface area contributed by atoms with Gasteiger partial charge < -0.3 is 23.8 Å². The highest BCUT2D eigenvalue weighted by atomic mass is 19.1. The lowest BCUT2D eigenvalue weighted by Crippen LogP contribution is -2.37. The molecule has 0 bridgehead atoms. The minimum absolute atomic E-state index is 0.0430. The van der Waals surface area contributed by atoms with E-state index < -0.39 is 5.82 Å². The largest absolute Gasteiger partial charge is 0.385 e. The van der Waals surface area contributed by atoms with Crippen LogP contribution in [0.2, 0.25) is 0 Å². The number of hydrogen-bond donors (Lipinski definition) is 0. The van der Waals surface area contributed by atoms with Crippen LogP contribution in [0.15, 0.2) is 53.1 Å². The number of carbonyl (C=O) groups excluding carboxylic acids is 1. The number of morpholine rings is 1. The fourth-order valence-corrected chi connectivity index (χ4v) is 4.13. The van der Waals surface area contributed by atoms with Crippen LogP contribution < -0.4 is 4.90 Å². The van der Waals surface area contributed by atoms with Crippen LogP contribution >= 0.6 is 0 Å². The molecular weight excluding hydrogens is 437 g/mol. The van der Waals surface area contributed by atoms with Crippen molar-refractivity contribution in [3.8, 4) is 11.3 Å². The van der Waals surface area contributed by atoms with Crippen molar-refractivity contribution >= 4 is 11.8 Å². The number of hydrogen-bond acceptors (Lipinski definition) is 6. The molecule has 0 spiro atoms. The van der Waals surface area contributed by atoms with Crippen LogP contribution in [0.25, 0.3) is 11.3 Å². The predicted octanol–water partition coefficient (Wildman–Crippen LogP) is 4.30. The van der Waals surface area contributed by atoms with Gasteiger partial charge in [-0.25, -0.2) is 4.39 Å². The smallest absolute Gasteiger partial charge is 0.257 e. The predicted molar refractivity (Wildman–Crippen MR) is 127 cm³/mol. The lowest BCUT2D eigenvalue weighted by atomic mass is 10.0. The highest BCUT2D eigenvalue weighted by molar-refractivity contribution is 5.94. The average molecular weight is 468 g/mol. The molecule has 0 N–H and O–H groups in total. The molecule has 1 aromatic heterocycles. The Morgan fingerprint density at radius 2 is 1.97 bits per heavy atom. The summed E-state index contributed by atoms with van der Waals surface area (Å²) >= 11 is 0. The van der Waals surface area contributed by atoms with Crippen molar-refractivity contribution in [1.82, 2.24) is 10.1 Å². The number of rotatable bonds is 9. The molecule has 1 aliphatic rings. The summed E-state index contributed by atoms with van der Waals surface area (Å²) in [5.41, 5.74) is 3.53. The Morgan fingerprint density at radius 1 is 1.18 bits per heavy atom. The van der Waals surface area contributed by atoms with Crippen molar-refractivity contribution in [2.24, 2.45) is 0 Å². The molecule has 0 radical (unpaired) electrons. The first kappa shape index (κ1) is 23.9. The molecule has 8 heteroatoms. The van der Waals surface area contributed by atoms with Gasteiger partial charge in [0.2, 0.25) is 5.88 Å². The molecule has 4 rings (SSSR count). The lowest BCUT2D eigenvalue weighted by Gasteiger charge is -2.28. The molecule has 2 heterocycles. The number of carbonyl (C=O) groups is 1. The molecular formula is C26H30FN3O4. The summed E-state index contributed by atoms with van der Waals surface area (Å²) < 4.78 is 31.0. The van der Waals surface area contributed by atoms with Crippen LogP contribution in [0.4, 0.5) is 10.3 Å². The van der Waals surface area contributed by atoms with Crippen molar-refractivity contribution < 1.29 is 23.2 Å². The standard InChI is InChI=1S/C26H30FN3O4/c1-19-7-5-8-20(17-19)24-22(26(34-28-24)29-12-15-33-16-13-29)18-30(11-6-14-32-2)25(31)21-9-3-4-10-23(21)27/h3-5,7-10,17H,6,11-16,18H2,1-2H3. The first-order valence-electron chi connectivity index (χ1n) is 11.5. The van der Waals surface area contributed by atoms with E-state index in [9.17, 15) is 9.18 Å². The third-order valence-electron chi connectivity index (χ3n) is 5.87. The molecule has 2 aromatic carbocycles. The fraction of sp³-hybridized carbons (Fsp3) is 0.385. The average Bonchev–Trinajstić information content (AvgIpc) is 3.27. The molecule has 0 saturated carbocycles. The van der Waals surface area contributed by atoms with E-state index in [1.165, 1.54) is 12.1 Å². The molecule has 34 heavy (non-hydrogen) atoms. The third-order valence-corrected chi connectivity index (χ3v) is 5.87. The summed E-state index contributed by atoms with van der Waals surface area (Å²) in [5.74, 6) is -0.293. The van der Waals surface area contributed by atoms with Gasteiger partial charge in [-0.05, 0) is 31.5 Å². The number of nitrogens with zero attached hydrogens (tertiary/aromatic N) is 3. The van der Waals surface area contributed by atoms with Gasteiger partial charge in [0.25, 0.3) is 5.91 Å². The van der Waals surface area contributed by atoms with Gasteiger partial charge in [0.15, 0.2) is 0 Å². The number of methoxy groups -OCH3 is 1. The molecule has 0 unspecified atom stereocenters. The Labute approximate surface area is 199 Å². The second-order valence-corrected chi connectivity index (χ2v) is 8.34. The Kier molecular flexibility index (Phi) is 7.92. The van der Waals surface area contributed by atoms with E-state index >= 15 is 0 Å². The zero-order valence-corrected chi connectivity index (χ0v) is 19.6. The number of anilines is 1. The maximum Gasteiger partial charge on any atom is 0.257 e. The molecule has 1 saturated heterocycles. The molecule has 180 valence electrons. The van der Waals surface area contributed by atoms with Crippen molar-refractivity contribution in [2.45, 2.75) is 19.9 Å². The van der Waals surface area contributed by atoms with Crippen molar-refractivity contribution in [3.05, 3.63) is 71.0 Å². The van der Waals surface area contributed by atoms with E-state index in [1.807, 2.05) is 31.2 Å². The lowest BCUT2D eigenvalue weighted by molar-refractivity contribution is 0.0718. The van der Waals surface area contributed by atoms with Gasteiger partial charge in [0.05, 0.1) is 30.9 Å². The van der Waals surface area contributed by atoms with Crippen molar-refractivity contribution in [3.63, 3.8) is 0 Å². The van der Waals surface area contributed by atoms with Crippen LogP contribution in [0.3, 0.4) is 0 Å². The minimum atomic E-state index is -0.540. The molecule has 1 fully saturated rings. The van der Waals surface area contributed by atoms with Crippen LogP contribution in [0.5, 0.6) is 0 Å². The van der Waals surface area contributed by atoms with Crippen LogP contribution in [0.1, 0.15) is 27.9 Å². The summed E-state index contributed by atoms with van der Waals surface area (Å²) in [4.78, 5) is 17.2. The van der Waals surface area contributed by atoms with E-state index in [-0.39, 0.29) is 18.0 Å². The highest BCUT2D eigenvalue weighted by Crippen LogP contribution is 2.33. The normalized spacial score (nSPS) is 13.8. The van der Waals surface area contributed by atoms with Crippen LogP contribution in [-0.2, 0) is 16.0 Å². The van der Waals surface area contributed by atoms with Gasteiger partial charge in [-0.3, -0.25) is 4.79 Å². The second-order valence-electron chi connectivity index (χ2n) is 8.34. The van der Waals surface area contributed by atoms with Gasteiger partial charge in [-0.15, -0.1) is 0 Å². The van der Waals surface area contributed by atoms with Crippen molar-refractivity contribution in [2.75, 3.05) is 51.5 Å². The second kappa shape index (κ2) is 11.3. The molecule has 0 aliphatic carbocycles. The van der Waals surface area contributed by atoms with E-state index in [0.717, 1.165) is 16.7 Å². The summed E-state index contributed by atoms with van der Waals surface area (Å²) in [7, 11) is 1.62. The summed E-state index contributed by atoms with van der Waals surface area (Å²) in [6.07, 6.45) is 0.620. The molecule has 3 aromatic rings. The summed E-state index contributed by atoms with van der Waals surface area (Å²) in [6, 6.07) is 14.1. The zero-order valence-electron chi connectivity index (χ0n) is 19.6. The topological polar surface area (TPSA) is 68.0 Å². The van der Waals surface area contributed by atoms with E-state index in [1.54, 1.807) is 24.1 Å². The number of aryl methyl sites for hydroxylation is 1. The van der Waals surface area contributed by atoms with Gasteiger partial charge >= 0.3 is 0 Å². The van der Waals surface area contributed by atoms with E-state index in [0.29, 0.717) is 57.5 Å². The number of aromatic nitrogens is 1. The summed E-state index contributed by atoms with van der Waals surface area (Å²) in [5, 5.41) is 4.41. The van der Waals surface area contributed by atoms with E-state index in [2.05, 4.69) is 10.1 Å². The van der Waals surface area contributed by atoms with E-state index in [4.69, 9.17) is 14.0 Å². The van der Waals surface area contributed by atoms with Crippen molar-refractivity contribution in [1.29, 1.82) is 0 Å². The minimum Gasteiger partial charge on any atom is -0.385 e. The van der Waals surface area contributed by atoms with Gasteiger partial charge in [0, 0.05) is 38.9 Å². The Hall–Kier alpha value is -3.23. The molecule has 7 nitrogen and oxygen atoms in total. The van der Waals surface area contributed by atoms with Gasteiger partial charge in [-0.2, -0.15) is 0 Å².